The van der Waals surface area contributed by atoms with Gasteiger partial charge in [0.2, 0.25) is 5.91 Å². The summed E-state index contributed by atoms with van der Waals surface area (Å²) < 4.78 is 43.6. The first-order valence-corrected chi connectivity index (χ1v) is 8.70. The number of amides is 1. The van der Waals surface area contributed by atoms with Crippen LogP contribution in [-0.4, -0.2) is 44.1 Å². The van der Waals surface area contributed by atoms with Crippen LogP contribution in [0.4, 0.5) is 18.9 Å². The highest BCUT2D eigenvalue weighted by Crippen LogP contribution is 2.29. The molecule has 1 heterocycles. The van der Waals surface area contributed by atoms with Crippen molar-refractivity contribution in [2.24, 2.45) is 0 Å². The Hall–Kier alpha value is -2.70. The average molecular weight is 378 g/mol. The number of piperazine rings is 1. The van der Waals surface area contributed by atoms with Gasteiger partial charge in [-0.25, -0.2) is 0 Å². The first-order chi connectivity index (χ1) is 12.9. The molecular formula is C20H21F3N2O2. The van der Waals surface area contributed by atoms with Crippen LogP contribution in [0.2, 0.25) is 0 Å². The Balaban J connectivity index is 1.57. The molecule has 144 valence electrons. The fourth-order valence-electron chi connectivity index (χ4n) is 3.15. The molecule has 7 heteroatoms. The fraction of sp³-hybridized carbons (Fsp3) is 0.350. The smallest absolute Gasteiger partial charge is 0.416 e. The highest BCUT2D eigenvalue weighted by molar-refractivity contribution is 5.79. The number of rotatable bonds is 4. The Morgan fingerprint density at radius 3 is 2.30 bits per heavy atom. The molecule has 0 spiro atoms. The van der Waals surface area contributed by atoms with E-state index in [0.717, 1.165) is 23.6 Å². The second-order valence-corrected chi connectivity index (χ2v) is 6.44. The topological polar surface area (TPSA) is 32.8 Å². The molecule has 0 N–H and O–H groups in total. The van der Waals surface area contributed by atoms with E-state index in [-0.39, 0.29) is 12.3 Å². The minimum atomic E-state index is -4.40. The van der Waals surface area contributed by atoms with Crippen LogP contribution in [-0.2, 0) is 17.4 Å². The first kappa shape index (κ1) is 19.1. The van der Waals surface area contributed by atoms with Crippen molar-refractivity contribution in [2.45, 2.75) is 12.6 Å². The molecule has 1 aliphatic rings. The quantitative estimate of drug-likeness (QED) is 0.815. The van der Waals surface area contributed by atoms with Crippen LogP contribution in [0.3, 0.4) is 0 Å². The lowest BCUT2D eigenvalue weighted by Gasteiger charge is -2.36. The molecule has 1 aliphatic heterocycles. The summed E-state index contributed by atoms with van der Waals surface area (Å²) in [5.41, 5.74) is 0.713. The van der Waals surface area contributed by atoms with Gasteiger partial charge in [0.05, 0.1) is 19.1 Å². The number of ether oxygens (including phenoxy) is 1. The van der Waals surface area contributed by atoms with E-state index in [1.807, 2.05) is 24.3 Å². The summed E-state index contributed by atoms with van der Waals surface area (Å²) in [5, 5.41) is 0. The van der Waals surface area contributed by atoms with Crippen molar-refractivity contribution in [3.05, 3.63) is 59.7 Å². The summed E-state index contributed by atoms with van der Waals surface area (Å²) in [6.45, 7) is 2.45. The monoisotopic (exact) mass is 378 g/mol. The second kappa shape index (κ2) is 7.90. The number of halogens is 3. The van der Waals surface area contributed by atoms with Gasteiger partial charge in [0.15, 0.2) is 0 Å². The zero-order valence-electron chi connectivity index (χ0n) is 15.0. The number of hydrogen-bond acceptors (Lipinski definition) is 3. The zero-order valence-corrected chi connectivity index (χ0v) is 15.0. The third-order valence-electron chi connectivity index (χ3n) is 4.68. The van der Waals surface area contributed by atoms with E-state index in [9.17, 15) is 18.0 Å². The predicted molar refractivity (Wildman–Crippen MR) is 96.9 cm³/mol. The molecule has 0 radical (unpaired) electrons. The molecule has 0 aliphatic carbocycles. The van der Waals surface area contributed by atoms with Crippen LogP contribution in [0.1, 0.15) is 11.1 Å². The molecule has 1 saturated heterocycles. The zero-order chi connectivity index (χ0) is 19.4. The van der Waals surface area contributed by atoms with Gasteiger partial charge in [-0.3, -0.25) is 4.79 Å². The summed E-state index contributed by atoms with van der Waals surface area (Å²) in [5.74, 6) is 0.636. The fourth-order valence-corrected chi connectivity index (χ4v) is 3.15. The molecule has 2 aromatic rings. The summed E-state index contributed by atoms with van der Waals surface area (Å²) in [6.07, 6.45) is -4.42. The number of alkyl halides is 3. The van der Waals surface area contributed by atoms with Gasteiger partial charge in [0, 0.05) is 31.9 Å². The Morgan fingerprint density at radius 1 is 1.04 bits per heavy atom. The SMILES string of the molecule is COc1ccc(N2CCN(C(=O)Cc3cccc(C(F)(F)F)c3)CC2)cc1. The Kier molecular flexibility index (Phi) is 5.58. The Bertz CT molecular complexity index is 783. The lowest BCUT2D eigenvalue weighted by atomic mass is 10.1. The van der Waals surface area contributed by atoms with E-state index in [1.54, 1.807) is 18.1 Å². The maximum atomic E-state index is 12.8. The number of methoxy groups -OCH3 is 1. The van der Waals surface area contributed by atoms with Crippen LogP contribution in [0, 0.1) is 0 Å². The van der Waals surface area contributed by atoms with Crippen LogP contribution in [0.25, 0.3) is 0 Å². The third-order valence-corrected chi connectivity index (χ3v) is 4.68. The van der Waals surface area contributed by atoms with Crippen LogP contribution < -0.4 is 9.64 Å². The van der Waals surface area contributed by atoms with Crippen molar-refractivity contribution in [1.82, 2.24) is 4.90 Å². The molecule has 1 fully saturated rings. The van der Waals surface area contributed by atoms with Gasteiger partial charge in [-0.2, -0.15) is 13.2 Å². The summed E-state index contributed by atoms with van der Waals surface area (Å²) >= 11 is 0. The predicted octanol–water partition coefficient (Wildman–Crippen LogP) is 3.61. The molecule has 2 aromatic carbocycles. The van der Waals surface area contributed by atoms with E-state index < -0.39 is 11.7 Å². The maximum Gasteiger partial charge on any atom is 0.416 e. The molecule has 0 atom stereocenters. The van der Waals surface area contributed by atoms with E-state index in [0.29, 0.717) is 31.7 Å². The minimum Gasteiger partial charge on any atom is -0.497 e. The number of carbonyl (C=O) groups excluding carboxylic acids is 1. The van der Waals surface area contributed by atoms with Gasteiger partial charge in [0.25, 0.3) is 0 Å². The van der Waals surface area contributed by atoms with Crippen molar-refractivity contribution in [1.29, 1.82) is 0 Å². The van der Waals surface area contributed by atoms with E-state index in [1.165, 1.54) is 6.07 Å². The second-order valence-electron chi connectivity index (χ2n) is 6.44. The molecule has 0 saturated carbocycles. The Morgan fingerprint density at radius 2 is 1.70 bits per heavy atom. The van der Waals surface area contributed by atoms with Crippen molar-refractivity contribution >= 4 is 11.6 Å². The molecule has 0 unspecified atom stereocenters. The summed E-state index contributed by atoms with van der Waals surface area (Å²) in [7, 11) is 1.61. The van der Waals surface area contributed by atoms with Crippen LogP contribution in [0.5, 0.6) is 5.75 Å². The molecule has 0 bridgehead atoms. The van der Waals surface area contributed by atoms with Crippen molar-refractivity contribution in [2.75, 3.05) is 38.2 Å². The van der Waals surface area contributed by atoms with Gasteiger partial charge in [-0.15, -0.1) is 0 Å². The highest BCUT2D eigenvalue weighted by Gasteiger charge is 2.30. The van der Waals surface area contributed by atoms with Gasteiger partial charge in [0.1, 0.15) is 5.75 Å². The lowest BCUT2D eigenvalue weighted by Crippen LogP contribution is -2.49. The minimum absolute atomic E-state index is 0.0214. The van der Waals surface area contributed by atoms with Crippen LogP contribution >= 0.6 is 0 Å². The third kappa shape index (κ3) is 4.72. The average Bonchev–Trinajstić information content (AvgIpc) is 2.68. The highest BCUT2D eigenvalue weighted by atomic mass is 19.4. The number of anilines is 1. The number of hydrogen-bond donors (Lipinski definition) is 0. The first-order valence-electron chi connectivity index (χ1n) is 8.70. The number of benzene rings is 2. The molecule has 3 rings (SSSR count). The molecule has 0 aromatic heterocycles. The largest absolute Gasteiger partial charge is 0.497 e. The van der Waals surface area contributed by atoms with Crippen LogP contribution in [0.15, 0.2) is 48.5 Å². The number of carbonyl (C=O) groups is 1. The van der Waals surface area contributed by atoms with Crippen molar-refractivity contribution in [3.8, 4) is 5.75 Å². The molecule has 27 heavy (non-hydrogen) atoms. The summed E-state index contributed by atoms with van der Waals surface area (Å²) in [6, 6.07) is 12.7. The van der Waals surface area contributed by atoms with Gasteiger partial charge < -0.3 is 14.5 Å². The maximum absolute atomic E-state index is 12.8. The van der Waals surface area contributed by atoms with E-state index in [4.69, 9.17) is 4.74 Å². The van der Waals surface area contributed by atoms with Gasteiger partial charge in [-0.05, 0) is 35.9 Å². The van der Waals surface area contributed by atoms with Crippen molar-refractivity contribution < 1.29 is 22.7 Å². The van der Waals surface area contributed by atoms with Gasteiger partial charge in [-0.1, -0.05) is 18.2 Å². The molecule has 1 amide bonds. The standard InChI is InChI=1S/C20H21F3N2O2/c1-27-18-7-5-17(6-8-18)24-9-11-25(12-10-24)19(26)14-15-3-2-4-16(13-15)20(21,22)23/h2-8,13H,9-12,14H2,1H3. The normalized spacial score (nSPS) is 15.0. The Labute approximate surface area is 156 Å². The van der Waals surface area contributed by atoms with Crippen molar-refractivity contribution in [3.63, 3.8) is 0 Å². The molecule has 4 nitrogen and oxygen atoms in total. The summed E-state index contributed by atoms with van der Waals surface area (Å²) in [4.78, 5) is 16.3. The van der Waals surface area contributed by atoms with E-state index >= 15 is 0 Å². The van der Waals surface area contributed by atoms with Gasteiger partial charge >= 0.3 is 6.18 Å². The lowest BCUT2D eigenvalue weighted by molar-refractivity contribution is -0.138. The molecular weight excluding hydrogens is 357 g/mol. The van der Waals surface area contributed by atoms with E-state index in [2.05, 4.69) is 4.90 Å². The number of nitrogens with zero attached hydrogens (tertiary/aromatic N) is 2.